The standard InChI is InChI=1S/C17H23FN2O2.ClH/c1-17(8-10-19-11-9-17)12-20-16(22)7-6-15(21)13-2-4-14(18)5-3-13;/h2-5,19H,6-12H2,1H3,(H,20,22);1H. The summed E-state index contributed by atoms with van der Waals surface area (Å²) in [5.74, 6) is -0.608. The summed E-state index contributed by atoms with van der Waals surface area (Å²) in [6.45, 7) is 4.79. The summed E-state index contributed by atoms with van der Waals surface area (Å²) in [4.78, 5) is 23.8. The minimum Gasteiger partial charge on any atom is -0.356 e. The van der Waals surface area contributed by atoms with E-state index < -0.39 is 0 Å². The van der Waals surface area contributed by atoms with Gasteiger partial charge in [-0.3, -0.25) is 9.59 Å². The largest absolute Gasteiger partial charge is 0.356 e. The highest BCUT2D eigenvalue weighted by molar-refractivity contribution is 5.97. The number of carbonyl (C=O) groups is 2. The molecule has 0 saturated carbocycles. The zero-order chi connectivity index (χ0) is 16.0. The third kappa shape index (κ3) is 6.28. The fourth-order valence-electron chi connectivity index (χ4n) is 2.61. The van der Waals surface area contributed by atoms with E-state index in [1.807, 2.05) is 0 Å². The van der Waals surface area contributed by atoms with Crippen LogP contribution in [0, 0.1) is 11.2 Å². The van der Waals surface area contributed by atoms with Gasteiger partial charge in [-0.15, -0.1) is 12.4 Å². The Morgan fingerprint density at radius 1 is 1.17 bits per heavy atom. The summed E-state index contributed by atoms with van der Waals surface area (Å²) in [6.07, 6.45) is 2.41. The monoisotopic (exact) mass is 342 g/mol. The first-order valence-electron chi connectivity index (χ1n) is 7.75. The van der Waals surface area contributed by atoms with Gasteiger partial charge in [-0.1, -0.05) is 6.92 Å². The molecule has 0 spiro atoms. The lowest BCUT2D eigenvalue weighted by Crippen LogP contribution is -2.42. The Balaban J connectivity index is 0.00000264. The van der Waals surface area contributed by atoms with E-state index in [9.17, 15) is 14.0 Å². The third-order valence-electron chi connectivity index (χ3n) is 4.27. The molecule has 128 valence electrons. The number of Topliss-reactive ketones (excluding diaryl/α,β-unsaturated/α-hetero) is 1. The number of ketones is 1. The summed E-state index contributed by atoms with van der Waals surface area (Å²) in [5.41, 5.74) is 0.585. The molecular formula is C17H24ClFN2O2. The Morgan fingerprint density at radius 2 is 1.78 bits per heavy atom. The molecule has 0 bridgehead atoms. The Kier molecular flexibility index (Phi) is 7.65. The van der Waals surface area contributed by atoms with Gasteiger partial charge in [-0.05, 0) is 55.6 Å². The molecule has 2 N–H and O–H groups in total. The summed E-state index contributed by atoms with van der Waals surface area (Å²) in [5, 5.41) is 6.24. The number of amides is 1. The fraction of sp³-hybridized carbons (Fsp3) is 0.529. The molecule has 0 aliphatic carbocycles. The molecule has 1 saturated heterocycles. The number of nitrogens with one attached hydrogen (secondary N) is 2. The van der Waals surface area contributed by atoms with Gasteiger partial charge in [0.25, 0.3) is 0 Å². The number of hydrogen-bond donors (Lipinski definition) is 2. The average Bonchev–Trinajstić information content (AvgIpc) is 2.52. The lowest BCUT2D eigenvalue weighted by atomic mass is 9.81. The topological polar surface area (TPSA) is 58.2 Å². The van der Waals surface area contributed by atoms with Crippen LogP contribution in [0.4, 0.5) is 4.39 Å². The number of benzene rings is 1. The van der Waals surface area contributed by atoms with Gasteiger partial charge in [0.15, 0.2) is 5.78 Å². The van der Waals surface area contributed by atoms with E-state index in [1.165, 1.54) is 24.3 Å². The van der Waals surface area contributed by atoms with E-state index >= 15 is 0 Å². The van der Waals surface area contributed by atoms with E-state index in [-0.39, 0.29) is 48.2 Å². The van der Waals surface area contributed by atoms with Gasteiger partial charge < -0.3 is 10.6 Å². The fourth-order valence-corrected chi connectivity index (χ4v) is 2.61. The van der Waals surface area contributed by atoms with Crippen LogP contribution < -0.4 is 10.6 Å². The van der Waals surface area contributed by atoms with Crippen molar-refractivity contribution in [1.82, 2.24) is 10.6 Å². The lowest BCUT2D eigenvalue weighted by Gasteiger charge is -2.34. The maximum atomic E-state index is 12.8. The maximum Gasteiger partial charge on any atom is 0.220 e. The van der Waals surface area contributed by atoms with Gasteiger partial charge >= 0.3 is 0 Å². The molecule has 1 amide bonds. The molecule has 0 unspecified atom stereocenters. The molecule has 0 aromatic heterocycles. The SMILES string of the molecule is CC1(CNC(=O)CCC(=O)c2ccc(F)cc2)CCNCC1.Cl. The first kappa shape index (κ1) is 19.6. The normalized spacial score (nSPS) is 16.3. The lowest BCUT2D eigenvalue weighted by molar-refractivity contribution is -0.121. The van der Waals surface area contributed by atoms with E-state index in [0.717, 1.165) is 25.9 Å². The van der Waals surface area contributed by atoms with Crippen molar-refractivity contribution < 1.29 is 14.0 Å². The molecule has 4 nitrogen and oxygen atoms in total. The summed E-state index contributed by atoms with van der Waals surface area (Å²) < 4.78 is 12.8. The van der Waals surface area contributed by atoms with Crippen molar-refractivity contribution in [3.63, 3.8) is 0 Å². The minimum atomic E-state index is -0.371. The van der Waals surface area contributed by atoms with E-state index in [2.05, 4.69) is 17.6 Å². The highest BCUT2D eigenvalue weighted by Gasteiger charge is 2.26. The molecule has 6 heteroatoms. The molecule has 1 aromatic carbocycles. The number of halogens is 2. The summed E-state index contributed by atoms with van der Waals surface area (Å²) in [7, 11) is 0. The second-order valence-electron chi connectivity index (χ2n) is 6.27. The van der Waals surface area contributed by atoms with Crippen molar-refractivity contribution in [1.29, 1.82) is 0 Å². The van der Waals surface area contributed by atoms with Gasteiger partial charge in [0.2, 0.25) is 5.91 Å². The summed E-state index contributed by atoms with van der Waals surface area (Å²) >= 11 is 0. The molecule has 0 radical (unpaired) electrons. The first-order valence-corrected chi connectivity index (χ1v) is 7.75. The molecule has 1 fully saturated rings. The maximum absolute atomic E-state index is 12.8. The quantitative estimate of drug-likeness (QED) is 0.781. The Morgan fingerprint density at radius 3 is 2.39 bits per heavy atom. The first-order chi connectivity index (χ1) is 10.5. The van der Waals surface area contributed by atoms with Crippen LogP contribution >= 0.6 is 12.4 Å². The van der Waals surface area contributed by atoms with Crippen LogP contribution in [-0.4, -0.2) is 31.3 Å². The van der Waals surface area contributed by atoms with Crippen LogP contribution in [0.5, 0.6) is 0 Å². The molecule has 1 aliphatic rings. The third-order valence-corrected chi connectivity index (χ3v) is 4.27. The van der Waals surface area contributed by atoms with Crippen LogP contribution in [0.25, 0.3) is 0 Å². The van der Waals surface area contributed by atoms with Crippen LogP contribution in [0.1, 0.15) is 43.0 Å². The zero-order valence-corrected chi connectivity index (χ0v) is 14.2. The van der Waals surface area contributed by atoms with Crippen molar-refractivity contribution in [3.8, 4) is 0 Å². The summed E-state index contributed by atoms with van der Waals surface area (Å²) in [6, 6.07) is 5.41. The van der Waals surface area contributed by atoms with E-state index in [1.54, 1.807) is 0 Å². The van der Waals surface area contributed by atoms with Crippen LogP contribution in [0.3, 0.4) is 0 Å². The Labute approximate surface area is 142 Å². The molecule has 2 rings (SSSR count). The zero-order valence-electron chi connectivity index (χ0n) is 13.4. The predicted molar refractivity (Wildman–Crippen MR) is 90.4 cm³/mol. The minimum absolute atomic E-state index is 0. The second kappa shape index (κ2) is 8.99. The van der Waals surface area contributed by atoms with E-state index in [4.69, 9.17) is 0 Å². The predicted octanol–water partition coefficient (Wildman–Crippen LogP) is 2.72. The highest BCUT2D eigenvalue weighted by Crippen LogP contribution is 2.26. The molecule has 23 heavy (non-hydrogen) atoms. The van der Waals surface area contributed by atoms with Crippen molar-refractivity contribution in [2.24, 2.45) is 5.41 Å². The van der Waals surface area contributed by atoms with Crippen LogP contribution in [0.15, 0.2) is 24.3 Å². The molecule has 1 heterocycles. The van der Waals surface area contributed by atoms with Gasteiger partial charge in [0, 0.05) is 24.9 Å². The number of carbonyl (C=O) groups excluding carboxylic acids is 2. The Hall–Kier alpha value is -1.46. The molecule has 0 atom stereocenters. The van der Waals surface area contributed by atoms with Crippen molar-refractivity contribution in [2.75, 3.05) is 19.6 Å². The van der Waals surface area contributed by atoms with Crippen molar-refractivity contribution in [2.45, 2.75) is 32.6 Å². The van der Waals surface area contributed by atoms with Gasteiger partial charge in [0.1, 0.15) is 5.82 Å². The number of hydrogen-bond acceptors (Lipinski definition) is 3. The van der Waals surface area contributed by atoms with Gasteiger partial charge in [-0.25, -0.2) is 4.39 Å². The smallest absolute Gasteiger partial charge is 0.220 e. The van der Waals surface area contributed by atoms with Crippen LogP contribution in [-0.2, 0) is 4.79 Å². The second-order valence-corrected chi connectivity index (χ2v) is 6.27. The molecule has 1 aliphatic heterocycles. The van der Waals surface area contributed by atoms with Crippen LogP contribution in [0.2, 0.25) is 0 Å². The molecular weight excluding hydrogens is 319 g/mol. The number of piperidine rings is 1. The number of rotatable bonds is 6. The Bertz CT molecular complexity index is 528. The van der Waals surface area contributed by atoms with E-state index in [0.29, 0.717) is 12.1 Å². The highest BCUT2D eigenvalue weighted by atomic mass is 35.5. The van der Waals surface area contributed by atoms with Gasteiger partial charge in [0.05, 0.1) is 0 Å². The average molecular weight is 343 g/mol. The van der Waals surface area contributed by atoms with Gasteiger partial charge in [-0.2, -0.15) is 0 Å². The van der Waals surface area contributed by atoms with Crippen molar-refractivity contribution >= 4 is 24.1 Å². The van der Waals surface area contributed by atoms with Crippen molar-refractivity contribution in [3.05, 3.63) is 35.6 Å². The molecule has 1 aromatic rings.